The van der Waals surface area contributed by atoms with Gasteiger partial charge < -0.3 is 5.32 Å². The predicted molar refractivity (Wildman–Crippen MR) is 123 cm³/mol. The minimum absolute atomic E-state index is 0.412. The van der Waals surface area contributed by atoms with Gasteiger partial charge in [0.05, 0.1) is 24.1 Å². The number of piperidine rings is 1. The fraction of sp³-hybridized carbons (Fsp3) is 0.440. The third-order valence-electron chi connectivity index (χ3n) is 6.69. The molecule has 0 unspecified atom stereocenters. The third kappa shape index (κ3) is 4.81. The van der Waals surface area contributed by atoms with Crippen molar-refractivity contribution < 1.29 is 0 Å². The average molecular weight is 428 g/mol. The first kappa shape index (κ1) is 20.7. The molecule has 1 saturated carbocycles. The third-order valence-corrected chi connectivity index (χ3v) is 6.69. The van der Waals surface area contributed by atoms with Gasteiger partial charge in [-0.15, -0.1) is 0 Å². The van der Waals surface area contributed by atoms with E-state index in [9.17, 15) is 0 Å². The topological polar surface area (TPSA) is 82.7 Å². The molecular weight excluding hydrogens is 398 g/mol. The molecule has 0 atom stereocenters. The van der Waals surface area contributed by atoms with E-state index in [0.717, 1.165) is 49.7 Å². The standard InChI is InChI=1S/C25H29N7/c26-14-21-8-9-22(16-27-21)29-25-7-3-6-24(30-25)20-10-12-31(13-11-20)17-19-15-28-32(18-19)23-4-1-2-5-23/h3,6-9,15-16,18,20,23H,1-2,4-5,10-13,17H2,(H,29,30). The fourth-order valence-electron chi connectivity index (χ4n) is 4.90. The van der Waals surface area contributed by atoms with Crippen molar-refractivity contribution in [3.8, 4) is 6.07 Å². The maximum absolute atomic E-state index is 8.89. The minimum atomic E-state index is 0.412. The molecule has 1 aliphatic carbocycles. The van der Waals surface area contributed by atoms with Crippen LogP contribution in [0.25, 0.3) is 0 Å². The first-order valence-electron chi connectivity index (χ1n) is 11.6. The second-order valence-corrected chi connectivity index (χ2v) is 8.93. The van der Waals surface area contributed by atoms with Crippen LogP contribution in [0.15, 0.2) is 48.9 Å². The highest BCUT2D eigenvalue weighted by atomic mass is 15.3. The van der Waals surface area contributed by atoms with E-state index >= 15 is 0 Å². The number of hydrogen-bond acceptors (Lipinski definition) is 6. The summed E-state index contributed by atoms with van der Waals surface area (Å²) in [6, 6.07) is 12.4. The first-order valence-corrected chi connectivity index (χ1v) is 11.6. The van der Waals surface area contributed by atoms with Crippen LogP contribution in [0.2, 0.25) is 0 Å². The molecule has 3 aromatic heterocycles. The molecule has 3 aromatic rings. The number of pyridine rings is 2. The molecule has 7 nitrogen and oxygen atoms in total. The summed E-state index contributed by atoms with van der Waals surface area (Å²) in [5.41, 5.74) is 3.72. The smallest absolute Gasteiger partial charge is 0.140 e. The molecule has 4 heterocycles. The maximum atomic E-state index is 8.89. The Hall–Kier alpha value is -3.24. The van der Waals surface area contributed by atoms with Gasteiger partial charge in [0.15, 0.2) is 0 Å². The summed E-state index contributed by atoms with van der Waals surface area (Å²) in [5.74, 6) is 1.30. The van der Waals surface area contributed by atoms with E-state index in [4.69, 9.17) is 10.2 Å². The molecule has 164 valence electrons. The predicted octanol–water partition coefficient (Wildman–Crippen LogP) is 4.78. The fourth-order valence-corrected chi connectivity index (χ4v) is 4.90. The summed E-state index contributed by atoms with van der Waals surface area (Å²) in [5, 5.41) is 16.8. The van der Waals surface area contributed by atoms with Gasteiger partial charge in [-0.3, -0.25) is 9.58 Å². The van der Waals surface area contributed by atoms with Crippen LogP contribution in [0.3, 0.4) is 0 Å². The average Bonchev–Trinajstić information content (AvgIpc) is 3.53. The summed E-state index contributed by atoms with van der Waals surface area (Å²) < 4.78 is 2.20. The molecule has 1 saturated heterocycles. The number of nitrogens with one attached hydrogen (secondary N) is 1. The summed E-state index contributed by atoms with van der Waals surface area (Å²) in [7, 11) is 0. The molecular formula is C25H29N7. The van der Waals surface area contributed by atoms with Gasteiger partial charge in [0.25, 0.3) is 0 Å². The normalized spacial score (nSPS) is 18.0. The van der Waals surface area contributed by atoms with Gasteiger partial charge in [-0.25, -0.2) is 9.97 Å². The Labute approximate surface area is 189 Å². The molecule has 2 fully saturated rings. The van der Waals surface area contributed by atoms with E-state index in [0.29, 0.717) is 17.7 Å². The summed E-state index contributed by atoms with van der Waals surface area (Å²) in [4.78, 5) is 11.5. The molecule has 0 bridgehead atoms. The number of anilines is 2. The molecule has 32 heavy (non-hydrogen) atoms. The van der Waals surface area contributed by atoms with Crippen molar-refractivity contribution in [1.29, 1.82) is 5.26 Å². The quantitative estimate of drug-likeness (QED) is 0.609. The lowest BCUT2D eigenvalue weighted by Crippen LogP contribution is -2.32. The zero-order valence-corrected chi connectivity index (χ0v) is 18.3. The maximum Gasteiger partial charge on any atom is 0.140 e. The van der Waals surface area contributed by atoms with Crippen molar-refractivity contribution >= 4 is 11.5 Å². The number of aromatic nitrogens is 4. The van der Waals surface area contributed by atoms with E-state index in [1.54, 1.807) is 12.3 Å². The van der Waals surface area contributed by atoms with E-state index in [1.807, 2.05) is 18.2 Å². The van der Waals surface area contributed by atoms with Crippen molar-refractivity contribution in [2.75, 3.05) is 18.4 Å². The van der Waals surface area contributed by atoms with Gasteiger partial charge in [0.1, 0.15) is 17.6 Å². The molecule has 5 rings (SSSR count). The number of rotatable bonds is 6. The van der Waals surface area contributed by atoms with Crippen molar-refractivity contribution in [2.24, 2.45) is 0 Å². The van der Waals surface area contributed by atoms with Crippen LogP contribution in [0.1, 0.15) is 67.4 Å². The van der Waals surface area contributed by atoms with Gasteiger partial charge in [0, 0.05) is 29.9 Å². The van der Waals surface area contributed by atoms with Crippen molar-refractivity contribution in [3.63, 3.8) is 0 Å². The molecule has 0 radical (unpaired) electrons. The van der Waals surface area contributed by atoms with Crippen molar-refractivity contribution in [2.45, 2.75) is 57.0 Å². The lowest BCUT2D eigenvalue weighted by molar-refractivity contribution is 0.203. The van der Waals surface area contributed by atoms with Gasteiger partial charge in [-0.1, -0.05) is 18.9 Å². The van der Waals surface area contributed by atoms with Crippen LogP contribution in [0, 0.1) is 11.3 Å². The zero-order chi connectivity index (χ0) is 21.8. The van der Waals surface area contributed by atoms with Crippen LogP contribution < -0.4 is 5.32 Å². The highest BCUT2D eigenvalue weighted by Gasteiger charge is 2.23. The summed E-state index contributed by atoms with van der Waals surface area (Å²) >= 11 is 0. The van der Waals surface area contributed by atoms with Crippen LogP contribution >= 0.6 is 0 Å². The van der Waals surface area contributed by atoms with Crippen LogP contribution in [-0.2, 0) is 6.54 Å². The molecule has 1 aliphatic heterocycles. The van der Waals surface area contributed by atoms with E-state index in [2.05, 4.69) is 49.5 Å². The first-order chi connectivity index (χ1) is 15.8. The summed E-state index contributed by atoms with van der Waals surface area (Å²) in [6.07, 6.45) is 13.4. The Morgan fingerprint density at radius 2 is 1.88 bits per heavy atom. The van der Waals surface area contributed by atoms with E-state index in [-0.39, 0.29) is 0 Å². The second-order valence-electron chi connectivity index (χ2n) is 8.93. The number of likely N-dealkylation sites (tertiary alicyclic amines) is 1. The number of nitriles is 1. The van der Waals surface area contributed by atoms with Crippen molar-refractivity contribution in [3.05, 3.63) is 65.9 Å². The lowest BCUT2D eigenvalue weighted by atomic mass is 9.93. The molecule has 0 spiro atoms. The van der Waals surface area contributed by atoms with Gasteiger partial charge in [0.2, 0.25) is 0 Å². The number of hydrogen-bond donors (Lipinski definition) is 1. The Bertz CT molecular complexity index is 1070. The Balaban J connectivity index is 1.15. The molecule has 1 N–H and O–H groups in total. The minimum Gasteiger partial charge on any atom is -0.339 e. The Morgan fingerprint density at radius 1 is 1.03 bits per heavy atom. The lowest BCUT2D eigenvalue weighted by Gasteiger charge is -2.31. The van der Waals surface area contributed by atoms with Crippen molar-refractivity contribution in [1.82, 2.24) is 24.6 Å². The van der Waals surface area contributed by atoms with Gasteiger partial charge in [-0.2, -0.15) is 10.4 Å². The number of nitrogens with zero attached hydrogens (tertiary/aromatic N) is 6. The van der Waals surface area contributed by atoms with E-state index in [1.165, 1.54) is 31.2 Å². The van der Waals surface area contributed by atoms with Crippen LogP contribution in [0.5, 0.6) is 0 Å². The van der Waals surface area contributed by atoms with Crippen LogP contribution in [-0.4, -0.2) is 37.7 Å². The van der Waals surface area contributed by atoms with Gasteiger partial charge >= 0.3 is 0 Å². The van der Waals surface area contributed by atoms with E-state index < -0.39 is 0 Å². The second kappa shape index (κ2) is 9.49. The molecule has 0 aromatic carbocycles. The Kier molecular flexibility index (Phi) is 6.13. The SMILES string of the molecule is N#Cc1ccc(Nc2cccc(C3CCN(Cc4cnn(C5CCCC5)c4)CC3)n2)cn1. The Morgan fingerprint density at radius 3 is 2.62 bits per heavy atom. The molecule has 2 aliphatic rings. The zero-order valence-electron chi connectivity index (χ0n) is 18.3. The molecule has 0 amide bonds. The monoisotopic (exact) mass is 427 g/mol. The largest absolute Gasteiger partial charge is 0.339 e. The molecule has 7 heteroatoms. The van der Waals surface area contributed by atoms with Gasteiger partial charge in [-0.05, 0) is 63.0 Å². The highest BCUT2D eigenvalue weighted by molar-refractivity contribution is 5.55. The van der Waals surface area contributed by atoms with Crippen LogP contribution in [0.4, 0.5) is 11.5 Å². The highest BCUT2D eigenvalue weighted by Crippen LogP contribution is 2.30. The summed E-state index contributed by atoms with van der Waals surface area (Å²) in [6.45, 7) is 3.15.